The molecule has 12 nitrogen and oxygen atoms in total. The number of ether oxygens (including phenoxy) is 6. The maximum Gasteiger partial charge on any atom is 0.338 e. The predicted octanol–water partition coefficient (Wildman–Crippen LogP) is 0.258. The molecule has 5 saturated carbocycles. The van der Waals surface area contributed by atoms with Gasteiger partial charge in [-0.3, -0.25) is 4.79 Å². The largest absolute Gasteiger partial charge is 0.455 e. The highest BCUT2D eigenvalue weighted by atomic mass is 16.6. The molecule has 7 rings (SSSR count). The maximum absolute atomic E-state index is 13.7. The molecule has 1 saturated heterocycles. The van der Waals surface area contributed by atoms with E-state index in [1.54, 1.807) is 51.7 Å². The van der Waals surface area contributed by atoms with Gasteiger partial charge in [-0.1, -0.05) is 18.2 Å². The molecule has 5 aliphatic carbocycles. The summed E-state index contributed by atoms with van der Waals surface area (Å²) in [5.41, 5.74) is -4.79. The van der Waals surface area contributed by atoms with E-state index in [1.807, 2.05) is 7.05 Å². The maximum atomic E-state index is 13.7. The molecule has 45 heavy (non-hydrogen) atoms. The Morgan fingerprint density at radius 2 is 1.71 bits per heavy atom. The molecule has 1 aromatic carbocycles. The molecule has 1 spiro atoms. The van der Waals surface area contributed by atoms with Gasteiger partial charge in [0.25, 0.3) is 0 Å². The minimum atomic E-state index is -1.83. The average molecular weight is 632 g/mol. The molecular weight excluding hydrogens is 586 g/mol. The van der Waals surface area contributed by atoms with Crippen LogP contribution in [0.15, 0.2) is 30.3 Å². The summed E-state index contributed by atoms with van der Waals surface area (Å²) < 4.78 is 37.2. The number of methoxy groups -OCH3 is 4. The lowest BCUT2D eigenvalue weighted by atomic mass is 9.42. The summed E-state index contributed by atoms with van der Waals surface area (Å²) in [7, 11) is 8.20. The Balaban J connectivity index is 1.52. The monoisotopic (exact) mass is 631 g/mol. The van der Waals surface area contributed by atoms with Gasteiger partial charge in [0.05, 0.1) is 30.5 Å². The van der Waals surface area contributed by atoms with Crippen LogP contribution in [0.3, 0.4) is 0 Å². The molecule has 11 unspecified atom stereocenters. The molecule has 6 aliphatic rings. The van der Waals surface area contributed by atoms with Crippen molar-refractivity contribution in [2.24, 2.45) is 34.5 Å². The van der Waals surface area contributed by atoms with Gasteiger partial charge in [-0.15, -0.1) is 0 Å². The first-order valence-electron chi connectivity index (χ1n) is 15.8. The minimum Gasteiger partial charge on any atom is -0.455 e. The van der Waals surface area contributed by atoms with Crippen LogP contribution in [0.2, 0.25) is 0 Å². The molecule has 0 radical (unpaired) electrons. The number of fused-ring (bicyclic) bond motifs is 2. The number of nitrogens with zero attached hydrogens (tertiary/aromatic N) is 1. The van der Waals surface area contributed by atoms with Gasteiger partial charge in [0.1, 0.15) is 23.9 Å². The first kappa shape index (κ1) is 31.4. The van der Waals surface area contributed by atoms with Crippen molar-refractivity contribution in [3.63, 3.8) is 0 Å². The molecule has 0 amide bonds. The van der Waals surface area contributed by atoms with Crippen LogP contribution in [0.1, 0.15) is 30.1 Å². The van der Waals surface area contributed by atoms with Crippen LogP contribution in [-0.4, -0.2) is 135 Å². The highest BCUT2D eigenvalue weighted by Gasteiger charge is 2.92. The van der Waals surface area contributed by atoms with Crippen molar-refractivity contribution in [2.75, 3.05) is 48.6 Å². The van der Waals surface area contributed by atoms with Crippen LogP contribution in [0.5, 0.6) is 0 Å². The van der Waals surface area contributed by atoms with Crippen LogP contribution in [-0.2, 0) is 33.2 Å². The summed E-state index contributed by atoms with van der Waals surface area (Å²) in [5, 5.41) is 37.0. The molecule has 6 fully saturated rings. The second kappa shape index (κ2) is 10.4. The number of esters is 2. The Morgan fingerprint density at radius 1 is 1.00 bits per heavy atom. The number of aliphatic hydroxyl groups is 3. The molecule has 1 aliphatic heterocycles. The summed E-state index contributed by atoms with van der Waals surface area (Å²) in [6, 6.07) is 8.15. The molecule has 1 heterocycles. The van der Waals surface area contributed by atoms with E-state index >= 15 is 0 Å². The van der Waals surface area contributed by atoms with Crippen molar-refractivity contribution in [3.05, 3.63) is 35.9 Å². The highest BCUT2D eigenvalue weighted by Crippen LogP contribution is 2.80. The lowest BCUT2D eigenvalue weighted by Crippen LogP contribution is -2.81. The zero-order valence-electron chi connectivity index (χ0n) is 26.6. The van der Waals surface area contributed by atoms with Crippen LogP contribution >= 0.6 is 0 Å². The fourth-order valence-corrected chi connectivity index (χ4v) is 12.2. The van der Waals surface area contributed by atoms with Crippen molar-refractivity contribution in [2.45, 2.75) is 73.6 Å². The molecule has 248 valence electrons. The summed E-state index contributed by atoms with van der Waals surface area (Å²) in [5.74, 6) is -3.66. The Kier molecular flexibility index (Phi) is 7.28. The van der Waals surface area contributed by atoms with E-state index in [0.717, 1.165) is 0 Å². The summed E-state index contributed by atoms with van der Waals surface area (Å²) in [6.45, 7) is 2.00. The quantitative estimate of drug-likeness (QED) is 0.337. The van der Waals surface area contributed by atoms with E-state index in [1.165, 1.54) is 14.0 Å². The van der Waals surface area contributed by atoms with E-state index in [4.69, 9.17) is 28.4 Å². The summed E-state index contributed by atoms with van der Waals surface area (Å²) >= 11 is 0. The number of carbonyl (C=O) groups is 2. The van der Waals surface area contributed by atoms with Crippen molar-refractivity contribution in [3.8, 4) is 0 Å². The fraction of sp³-hybridized carbons (Fsp3) is 0.758. The third-order valence-corrected chi connectivity index (χ3v) is 12.9. The normalized spacial score (nSPS) is 50.7. The number of hydrogen-bond donors (Lipinski definition) is 3. The van der Waals surface area contributed by atoms with Crippen LogP contribution in [0, 0.1) is 34.5 Å². The second-order valence-corrected chi connectivity index (χ2v) is 14.3. The molecule has 15 atom stereocenters. The predicted molar refractivity (Wildman–Crippen MR) is 156 cm³/mol. The third-order valence-electron chi connectivity index (χ3n) is 12.9. The first-order valence-corrected chi connectivity index (χ1v) is 15.8. The number of likely N-dealkylation sites (tertiary alicyclic amines) is 1. The van der Waals surface area contributed by atoms with Crippen molar-refractivity contribution >= 4 is 11.9 Å². The van der Waals surface area contributed by atoms with Crippen LogP contribution in [0.25, 0.3) is 0 Å². The molecule has 7 bridgehead atoms. The molecule has 3 N–H and O–H groups in total. The lowest BCUT2D eigenvalue weighted by Gasteiger charge is -2.70. The number of rotatable bonds is 8. The Morgan fingerprint density at radius 3 is 2.31 bits per heavy atom. The van der Waals surface area contributed by atoms with Gasteiger partial charge >= 0.3 is 11.9 Å². The number of aliphatic hydroxyl groups excluding tert-OH is 2. The molecule has 1 aromatic rings. The van der Waals surface area contributed by atoms with Crippen molar-refractivity contribution in [1.29, 1.82) is 0 Å². The summed E-state index contributed by atoms with van der Waals surface area (Å²) in [4.78, 5) is 29.1. The zero-order chi connectivity index (χ0) is 32.3. The van der Waals surface area contributed by atoms with Gasteiger partial charge in [-0.05, 0) is 31.5 Å². The molecule has 0 aromatic heterocycles. The Labute approximate surface area is 262 Å². The van der Waals surface area contributed by atoms with E-state index in [0.29, 0.717) is 18.5 Å². The lowest BCUT2D eigenvalue weighted by molar-refractivity contribution is -0.321. The molecule has 12 heteroatoms. The van der Waals surface area contributed by atoms with Gasteiger partial charge in [0.2, 0.25) is 0 Å². The number of hydrogen-bond acceptors (Lipinski definition) is 12. The van der Waals surface area contributed by atoms with Crippen LogP contribution < -0.4 is 0 Å². The standard InChI is InChI=1S/C33H45NO11/c1-16(35)45-33-21-18(13-31(39,28(43-6)26(33)37)27(21)44-29(38)17-10-8-7-9-11-17)32-20(41-4)12-19(36)30(15-40-3)14-34(2)25(32)22(33)23(42-5)24(30)32/h7-11,18-28,36-37,39H,12-15H2,1-6H3/t18?,19?,20?,21?,22?,23?,24?,25?,26?,27?,28?,30-,31+,32-,33+/m0/s1. The van der Waals surface area contributed by atoms with Gasteiger partial charge in [0.15, 0.2) is 5.60 Å². The van der Waals surface area contributed by atoms with Gasteiger partial charge < -0.3 is 48.6 Å². The third kappa shape index (κ3) is 3.55. The Bertz CT molecular complexity index is 1350. The average Bonchev–Trinajstić information content (AvgIpc) is 3.40. The minimum absolute atomic E-state index is 0.0754. The van der Waals surface area contributed by atoms with Gasteiger partial charge in [0, 0.05) is 83.0 Å². The summed E-state index contributed by atoms with van der Waals surface area (Å²) in [6.07, 6.45) is -5.50. The molecular formula is C33H45NO11. The highest BCUT2D eigenvalue weighted by molar-refractivity contribution is 5.89. The topological polar surface area (TPSA) is 153 Å². The SMILES string of the molecule is COC[C@]12CN(C)C3C4C(OC)C1[C@@]3(C(OC)CC2O)C1C[C@]2(O)C(OC)C(O)[C@@]4(OC(C)=O)C1C2OC(=O)c1ccccc1. The van der Waals surface area contributed by atoms with Crippen molar-refractivity contribution < 1.29 is 53.3 Å². The fourth-order valence-electron chi connectivity index (χ4n) is 12.2. The van der Waals surface area contributed by atoms with E-state index in [9.17, 15) is 24.9 Å². The van der Waals surface area contributed by atoms with E-state index < -0.39 is 88.3 Å². The zero-order valence-corrected chi connectivity index (χ0v) is 26.6. The smallest absolute Gasteiger partial charge is 0.338 e. The Hall–Kier alpha value is -2.16. The van der Waals surface area contributed by atoms with Gasteiger partial charge in [-0.25, -0.2) is 4.79 Å². The van der Waals surface area contributed by atoms with Crippen LogP contribution in [0.4, 0.5) is 0 Å². The number of carbonyl (C=O) groups excluding carboxylic acids is 2. The van der Waals surface area contributed by atoms with Crippen molar-refractivity contribution in [1.82, 2.24) is 4.90 Å². The number of piperidine rings is 1. The van der Waals surface area contributed by atoms with E-state index in [2.05, 4.69) is 4.90 Å². The second-order valence-electron chi connectivity index (χ2n) is 14.3. The first-order chi connectivity index (χ1) is 21.4. The van der Waals surface area contributed by atoms with Gasteiger partial charge in [-0.2, -0.15) is 0 Å². The number of benzene rings is 1. The van der Waals surface area contributed by atoms with E-state index in [-0.39, 0.29) is 25.0 Å².